The monoisotopic (exact) mass is 484 g/mol. The smallest absolute Gasteiger partial charge is 0.387 e. The minimum Gasteiger partial charge on any atom is -0.387 e. The molecule has 0 unspecified atom stereocenters. The van der Waals surface area contributed by atoms with E-state index in [2.05, 4.69) is 20.9 Å². The minimum atomic E-state index is -5.08. The fourth-order valence-corrected chi connectivity index (χ4v) is 3.83. The average molecular weight is 484 g/mol. The van der Waals surface area contributed by atoms with Crippen LogP contribution in [0.25, 0.3) is 11.3 Å². The molecule has 2 aromatic carbocycles. The number of carbonyl (C=O) groups excluding carboxylic acids is 2. The van der Waals surface area contributed by atoms with Crippen molar-refractivity contribution in [3.05, 3.63) is 64.0 Å². The number of benzene rings is 2. The van der Waals surface area contributed by atoms with Crippen molar-refractivity contribution in [1.29, 1.82) is 0 Å². The van der Waals surface area contributed by atoms with Gasteiger partial charge in [-0.3, -0.25) is 9.59 Å². The highest BCUT2D eigenvalue weighted by Gasteiger charge is 2.36. The number of thiazole rings is 1. The molecule has 0 radical (unpaired) electrons. The summed E-state index contributed by atoms with van der Waals surface area (Å²) in [6.07, 6.45) is -5.27. The first-order valence-electron chi connectivity index (χ1n) is 9.38. The number of carbonyl (C=O) groups is 2. The van der Waals surface area contributed by atoms with Crippen LogP contribution in [0.1, 0.15) is 21.5 Å². The fraction of sp³-hybridized carbons (Fsp3) is 0.190. The van der Waals surface area contributed by atoms with Gasteiger partial charge in [0, 0.05) is 30.7 Å². The van der Waals surface area contributed by atoms with Gasteiger partial charge in [-0.2, -0.15) is 13.2 Å². The van der Waals surface area contributed by atoms with Gasteiger partial charge in [0.25, 0.3) is 5.91 Å². The van der Waals surface area contributed by atoms with E-state index in [1.54, 1.807) is 25.2 Å². The lowest BCUT2D eigenvalue weighted by atomic mass is 10.0. The van der Waals surface area contributed by atoms with Crippen LogP contribution in [-0.4, -0.2) is 30.9 Å². The van der Waals surface area contributed by atoms with Crippen LogP contribution >= 0.6 is 11.3 Å². The number of nitrogens with one attached hydrogen (secondary N) is 3. The van der Waals surface area contributed by atoms with Crippen molar-refractivity contribution in [3.63, 3.8) is 0 Å². The van der Waals surface area contributed by atoms with E-state index in [1.807, 2.05) is 0 Å². The SMILES string of the molecule is CNC(=O)c1c(CC(=O)Nc2nc(-c3cc(F)c(F)c(C(F)(F)F)c3)cs2)cccc1NC. The first-order valence-corrected chi connectivity index (χ1v) is 10.3. The Labute approximate surface area is 188 Å². The molecule has 33 heavy (non-hydrogen) atoms. The summed E-state index contributed by atoms with van der Waals surface area (Å²) >= 11 is 0.897. The number of anilines is 2. The maximum atomic E-state index is 13.7. The summed E-state index contributed by atoms with van der Waals surface area (Å²) in [5.41, 5.74) is -0.855. The van der Waals surface area contributed by atoms with Crippen LogP contribution in [0.2, 0.25) is 0 Å². The maximum absolute atomic E-state index is 13.7. The van der Waals surface area contributed by atoms with Crippen LogP contribution in [0.3, 0.4) is 0 Å². The summed E-state index contributed by atoms with van der Waals surface area (Å²) in [4.78, 5) is 28.8. The zero-order chi connectivity index (χ0) is 24.3. The Balaban J connectivity index is 1.82. The van der Waals surface area contributed by atoms with E-state index in [-0.39, 0.29) is 22.8 Å². The highest BCUT2D eigenvalue weighted by molar-refractivity contribution is 7.14. The Hall–Kier alpha value is -3.54. The van der Waals surface area contributed by atoms with Gasteiger partial charge in [-0.15, -0.1) is 11.3 Å². The van der Waals surface area contributed by atoms with E-state index in [4.69, 9.17) is 0 Å². The molecule has 3 aromatic rings. The zero-order valence-electron chi connectivity index (χ0n) is 17.2. The quantitative estimate of drug-likeness (QED) is 0.444. The lowest BCUT2D eigenvalue weighted by Crippen LogP contribution is -2.23. The van der Waals surface area contributed by atoms with Crippen LogP contribution in [0, 0.1) is 11.6 Å². The Morgan fingerprint density at radius 2 is 1.85 bits per heavy atom. The number of aromatic nitrogens is 1. The minimum absolute atomic E-state index is 0.0413. The third-order valence-electron chi connectivity index (χ3n) is 4.61. The number of halogens is 5. The molecule has 0 bridgehead atoms. The first-order chi connectivity index (χ1) is 15.5. The third-order valence-corrected chi connectivity index (χ3v) is 5.36. The molecule has 0 saturated carbocycles. The van der Waals surface area contributed by atoms with E-state index in [9.17, 15) is 31.5 Å². The molecule has 0 aliphatic carbocycles. The summed E-state index contributed by atoms with van der Waals surface area (Å²) in [6, 6.07) is 6.01. The van der Waals surface area contributed by atoms with Crippen LogP contribution in [0.5, 0.6) is 0 Å². The molecule has 2 amide bonds. The highest BCUT2D eigenvalue weighted by atomic mass is 32.1. The molecule has 0 aliphatic heterocycles. The second-order valence-electron chi connectivity index (χ2n) is 6.75. The molecule has 12 heteroatoms. The third kappa shape index (κ3) is 5.28. The summed E-state index contributed by atoms with van der Waals surface area (Å²) < 4.78 is 66.1. The van der Waals surface area contributed by atoms with Crippen molar-refractivity contribution in [2.75, 3.05) is 24.7 Å². The molecular formula is C21H17F5N4O2S. The number of alkyl halides is 3. The molecule has 3 rings (SSSR count). The predicted octanol–water partition coefficient (Wildman–Crippen LogP) is 4.69. The molecule has 1 heterocycles. The molecule has 3 N–H and O–H groups in total. The fourth-order valence-electron chi connectivity index (χ4n) is 3.09. The Morgan fingerprint density at radius 3 is 2.48 bits per heavy atom. The molecule has 1 aromatic heterocycles. The van der Waals surface area contributed by atoms with Gasteiger partial charge in [-0.05, 0) is 23.8 Å². The predicted molar refractivity (Wildman–Crippen MR) is 114 cm³/mol. The molecule has 6 nitrogen and oxygen atoms in total. The summed E-state index contributed by atoms with van der Waals surface area (Å²) in [5, 5.41) is 9.23. The second kappa shape index (κ2) is 9.53. The molecule has 0 saturated heterocycles. The van der Waals surface area contributed by atoms with Crippen molar-refractivity contribution in [3.8, 4) is 11.3 Å². The van der Waals surface area contributed by atoms with Crippen LogP contribution in [0.4, 0.5) is 32.8 Å². The average Bonchev–Trinajstić information content (AvgIpc) is 3.22. The largest absolute Gasteiger partial charge is 0.419 e. The topological polar surface area (TPSA) is 83.1 Å². The van der Waals surface area contributed by atoms with Crippen molar-refractivity contribution in [1.82, 2.24) is 10.3 Å². The van der Waals surface area contributed by atoms with E-state index in [1.165, 1.54) is 12.4 Å². The molecule has 0 aliphatic rings. The Morgan fingerprint density at radius 1 is 1.12 bits per heavy atom. The maximum Gasteiger partial charge on any atom is 0.419 e. The van der Waals surface area contributed by atoms with Gasteiger partial charge in [0.15, 0.2) is 16.8 Å². The Kier molecular flexibility index (Phi) is 6.96. The second-order valence-corrected chi connectivity index (χ2v) is 7.61. The summed E-state index contributed by atoms with van der Waals surface area (Å²) in [5.74, 6) is -4.58. The van der Waals surface area contributed by atoms with Gasteiger partial charge >= 0.3 is 6.18 Å². The molecular weight excluding hydrogens is 467 g/mol. The zero-order valence-corrected chi connectivity index (χ0v) is 18.0. The van der Waals surface area contributed by atoms with Gasteiger partial charge in [0.2, 0.25) is 5.91 Å². The standard InChI is InChI=1S/C21H17F5N4O2S/c1-27-14-5-3-4-10(17(14)19(32)28-2)8-16(31)30-20-29-15(9-33-20)11-6-12(21(24,25)26)18(23)13(22)7-11/h3-7,9,27H,8H2,1-2H3,(H,28,32)(H,29,30,31). The van der Waals surface area contributed by atoms with Gasteiger partial charge in [0.05, 0.1) is 23.2 Å². The van der Waals surface area contributed by atoms with Crippen LogP contribution in [0.15, 0.2) is 35.7 Å². The number of rotatable bonds is 6. The number of hydrogen-bond acceptors (Lipinski definition) is 5. The van der Waals surface area contributed by atoms with E-state index in [0.717, 1.165) is 11.3 Å². The lowest BCUT2D eigenvalue weighted by molar-refractivity contribution is -0.140. The van der Waals surface area contributed by atoms with Crippen molar-refractivity contribution in [2.24, 2.45) is 0 Å². The van der Waals surface area contributed by atoms with E-state index < -0.39 is 35.2 Å². The van der Waals surface area contributed by atoms with Crippen molar-refractivity contribution < 1.29 is 31.5 Å². The summed E-state index contributed by atoms with van der Waals surface area (Å²) in [6.45, 7) is 0. The van der Waals surface area contributed by atoms with Gasteiger partial charge in [0.1, 0.15) is 0 Å². The molecule has 0 spiro atoms. The van der Waals surface area contributed by atoms with Crippen molar-refractivity contribution in [2.45, 2.75) is 12.6 Å². The van der Waals surface area contributed by atoms with Crippen molar-refractivity contribution >= 4 is 34.0 Å². The Bertz CT molecular complexity index is 1210. The highest BCUT2D eigenvalue weighted by Crippen LogP contribution is 2.36. The lowest BCUT2D eigenvalue weighted by Gasteiger charge is -2.13. The van der Waals surface area contributed by atoms with Crippen LogP contribution < -0.4 is 16.0 Å². The number of nitrogens with zero attached hydrogens (tertiary/aromatic N) is 1. The summed E-state index contributed by atoms with van der Waals surface area (Å²) in [7, 11) is 3.09. The van der Waals surface area contributed by atoms with Gasteiger partial charge in [-0.1, -0.05) is 12.1 Å². The van der Waals surface area contributed by atoms with E-state index >= 15 is 0 Å². The van der Waals surface area contributed by atoms with Crippen LogP contribution in [-0.2, 0) is 17.4 Å². The van der Waals surface area contributed by atoms with E-state index in [0.29, 0.717) is 28.9 Å². The number of amides is 2. The molecule has 0 fully saturated rings. The molecule has 0 atom stereocenters. The normalized spacial score (nSPS) is 11.2. The van der Waals surface area contributed by atoms with Gasteiger partial charge < -0.3 is 16.0 Å². The first kappa shape index (κ1) is 24.1. The van der Waals surface area contributed by atoms with Gasteiger partial charge in [-0.25, -0.2) is 13.8 Å². The number of hydrogen-bond donors (Lipinski definition) is 3. The molecule has 174 valence electrons.